The summed E-state index contributed by atoms with van der Waals surface area (Å²) in [4.78, 5) is 28.4. The Kier molecular flexibility index (Phi) is 7.49. The van der Waals surface area contributed by atoms with Gasteiger partial charge in [0, 0.05) is 25.2 Å². The van der Waals surface area contributed by atoms with Crippen molar-refractivity contribution in [1.29, 1.82) is 0 Å². The molecule has 3 fully saturated rings. The van der Waals surface area contributed by atoms with Gasteiger partial charge in [-0.15, -0.1) is 6.58 Å². The number of nitrogens with zero attached hydrogens (tertiary/aromatic N) is 5. The number of carboxylic acid groups (broad SMARTS) is 1. The van der Waals surface area contributed by atoms with Crippen LogP contribution < -0.4 is 10.2 Å². The average Bonchev–Trinajstić information content (AvgIpc) is 3.21. The molecule has 2 aromatic heterocycles. The number of hydrogen-bond acceptors (Lipinski definition) is 6. The zero-order valence-corrected chi connectivity index (χ0v) is 22.0. The number of aromatic carboxylic acids is 1. The first-order valence-corrected chi connectivity index (χ1v) is 14.2. The number of hydrogen-bond donors (Lipinski definition) is 2. The van der Waals surface area contributed by atoms with Crippen LogP contribution in [-0.4, -0.2) is 49.2 Å². The first kappa shape index (κ1) is 25.0. The van der Waals surface area contributed by atoms with Gasteiger partial charge in [-0.25, -0.2) is 14.8 Å². The molecule has 8 heteroatoms. The number of piperidine rings is 1. The minimum Gasteiger partial charge on any atom is -0.475 e. The minimum absolute atomic E-state index is 0.181. The summed E-state index contributed by atoms with van der Waals surface area (Å²) in [6, 6.07) is 0.676. The molecule has 2 N–H and O–H groups in total. The molecule has 2 aromatic rings. The molecule has 0 bridgehead atoms. The van der Waals surface area contributed by atoms with Crippen LogP contribution in [0.2, 0.25) is 0 Å². The van der Waals surface area contributed by atoms with Crippen LogP contribution in [0.1, 0.15) is 95.1 Å². The van der Waals surface area contributed by atoms with Crippen LogP contribution in [0.4, 0.5) is 11.8 Å². The highest BCUT2D eigenvalue weighted by Crippen LogP contribution is 2.37. The van der Waals surface area contributed by atoms with Crippen molar-refractivity contribution in [1.82, 2.24) is 19.5 Å². The average molecular weight is 495 g/mol. The van der Waals surface area contributed by atoms with Crippen LogP contribution in [0.5, 0.6) is 0 Å². The van der Waals surface area contributed by atoms with Crippen LogP contribution in [0.3, 0.4) is 0 Å². The van der Waals surface area contributed by atoms with Crippen LogP contribution in [-0.2, 0) is 6.54 Å². The van der Waals surface area contributed by atoms with E-state index in [0.29, 0.717) is 35.3 Å². The third-order valence-electron chi connectivity index (χ3n) is 9.02. The van der Waals surface area contributed by atoms with Gasteiger partial charge in [0.15, 0.2) is 11.5 Å². The molecule has 0 radical (unpaired) electrons. The van der Waals surface area contributed by atoms with Crippen molar-refractivity contribution in [2.75, 3.05) is 16.8 Å². The summed E-state index contributed by atoms with van der Waals surface area (Å²) < 4.78 is 2.34. The molecule has 3 aliphatic rings. The molecule has 8 nitrogen and oxygen atoms in total. The summed E-state index contributed by atoms with van der Waals surface area (Å²) in [5, 5.41) is 13.4. The lowest BCUT2D eigenvalue weighted by Gasteiger charge is -2.37. The second-order valence-corrected chi connectivity index (χ2v) is 11.3. The van der Waals surface area contributed by atoms with Crippen molar-refractivity contribution < 1.29 is 9.90 Å². The van der Waals surface area contributed by atoms with Gasteiger partial charge in [-0.3, -0.25) is 0 Å². The number of aromatic nitrogens is 4. The van der Waals surface area contributed by atoms with Crippen molar-refractivity contribution in [3.05, 3.63) is 18.5 Å². The number of allylic oxidation sites excluding steroid dienone is 1. The number of fused-ring (bicyclic) bond motifs is 1. The van der Waals surface area contributed by atoms with Crippen molar-refractivity contribution >= 4 is 28.9 Å². The van der Waals surface area contributed by atoms with Crippen LogP contribution in [0.15, 0.2) is 12.7 Å². The maximum absolute atomic E-state index is 11.9. The van der Waals surface area contributed by atoms with E-state index in [1.807, 2.05) is 0 Å². The summed E-state index contributed by atoms with van der Waals surface area (Å²) >= 11 is 0. The summed E-state index contributed by atoms with van der Waals surface area (Å²) in [5.41, 5.74) is 1.37. The lowest BCUT2D eigenvalue weighted by atomic mass is 9.80. The fourth-order valence-corrected chi connectivity index (χ4v) is 6.44. The monoisotopic (exact) mass is 494 g/mol. The molecule has 2 saturated carbocycles. The standard InChI is InChI=1S/C28H42N6O2/c1-4-19-12-14-20(15-13-19)17-34-23-24(29-18(3)21-9-8-10-21)30-26(27(35)36)31-25(23)32-28(34)33-16-7-6-11-22(33)5-2/h4,18-22H,1,5-17H2,2-3H3,(H,35,36)(H,29,30,31)/t18-,19-,20-,22?/m1/s1. The fourth-order valence-electron chi connectivity index (χ4n) is 6.44. The van der Waals surface area contributed by atoms with Crippen molar-refractivity contribution in [2.24, 2.45) is 17.8 Å². The smallest absolute Gasteiger partial charge is 0.374 e. The second kappa shape index (κ2) is 10.8. The van der Waals surface area contributed by atoms with E-state index < -0.39 is 5.97 Å². The zero-order valence-electron chi connectivity index (χ0n) is 22.0. The van der Waals surface area contributed by atoms with Crippen molar-refractivity contribution in [2.45, 2.75) is 103 Å². The fraction of sp³-hybridized carbons (Fsp3) is 0.714. The molecule has 0 spiro atoms. The Balaban J connectivity index is 1.59. The first-order valence-electron chi connectivity index (χ1n) is 14.2. The van der Waals surface area contributed by atoms with E-state index in [-0.39, 0.29) is 11.9 Å². The second-order valence-electron chi connectivity index (χ2n) is 11.3. The minimum atomic E-state index is -1.11. The van der Waals surface area contributed by atoms with E-state index in [1.165, 1.54) is 57.8 Å². The number of anilines is 2. The van der Waals surface area contributed by atoms with Gasteiger partial charge in [0.1, 0.15) is 5.52 Å². The molecule has 2 atom stereocenters. The van der Waals surface area contributed by atoms with Gasteiger partial charge in [-0.2, -0.15) is 4.98 Å². The Morgan fingerprint density at radius 2 is 1.89 bits per heavy atom. The lowest BCUT2D eigenvalue weighted by molar-refractivity contribution is 0.0684. The largest absolute Gasteiger partial charge is 0.475 e. The third-order valence-corrected chi connectivity index (χ3v) is 9.02. The molecular formula is C28H42N6O2. The van der Waals surface area contributed by atoms with Gasteiger partial charge in [0.2, 0.25) is 11.8 Å². The van der Waals surface area contributed by atoms with E-state index in [1.54, 1.807) is 0 Å². The number of carbonyl (C=O) groups is 1. The SMILES string of the molecule is C=C[C@H]1CC[C@H](Cn2c(N3CCCCC3CC)nc3nc(C(=O)O)nc(N[C@H](C)C4CCC4)c32)CC1. The highest BCUT2D eigenvalue weighted by Gasteiger charge is 2.32. The van der Waals surface area contributed by atoms with Gasteiger partial charge < -0.3 is 19.9 Å². The quantitative estimate of drug-likeness (QED) is 0.420. The predicted octanol–water partition coefficient (Wildman–Crippen LogP) is 5.89. The normalized spacial score (nSPS) is 25.9. The third kappa shape index (κ3) is 4.96. The molecule has 1 unspecified atom stereocenters. The van der Waals surface area contributed by atoms with E-state index >= 15 is 0 Å². The maximum Gasteiger partial charge on any atom is 0.374 e. The van der Waals surface area contributed by atoms with Gasteiger partial charge in [-0.1, -0.05) is 19.4 Å². The number of rotatable bonds is 9. The topological polar surface area (TPSA) is 96.2 Å². The molecule has 196 valence electrons. The molecule has 1 aliphatic heterocycles. The summed E-state index contributed by atoms with van der Waals surface area (Å²) in [7, 11) is 0. The summed E-state index contributed by atoms with van der Waals surface area (Å²) in [6.07, 6.45) is 15.1. The summed E-state index contributed by atoms with van der Waals surface area (Å²) in [6.45, 7) is 10.3. The van der Waals surface area contributed by atoms with E-state index in [9.17, 15) is 9.90 Å². The van der Waals surface area contributed by atoms with Gasteiger partial charge in [0.05, 0.1) is 0 Å². The molecule has 1 saturated heterocycles. The molecule has 3 heterocycles. The summed E-state index contributed by atoms with van der Waals surface area (Å²) in [5.74, 6) is 2.05. The van der Waals surface area contributed by atoms with Crippen molar-refractivity contribution in [3.8, 4) is 0 Å². The number of nitrogens with one attached hydrogen (secondary N) is 1. The molecule has 2 aliphatic carbocycles. The number of imidazole rings is 1. The predicted molar refractivity (Wildman–Crippen MR) is 144 cm³/mol. The molecule has 5 rings (SSSR count). The van der Waals surface area contributed by atoms with Gasteiger partial charge >= 0.3 is 5.97 Å². The van der Waals surface area contributed by atoms with Crippen LogP contribution in [0.25, 0.3) is 11.2 Å². The molecule has 0 amide bonds. The Labute approximate surface area is 214 Å². The number of carboxylic acids is 1. The van der Waals surface area contributed by atoms with Gasteiger partial charge in [0.25, 0.3) is 0 Å². The molecule has 36 heavy (non-hydrogen) atoms. The molecular weight excluding hydrogens is 452 g/mol. The lowest BCUT2D eigenvalue weighted by Crippen LogP contribution is -2.41. The highest BCUT2D eigenvalue weighted by molar-refractivity contribution is 5.91. The van der Waals surface area contributed by atoms with Crippen molar-refractivity contribution in [3.63, 3.8) is 0 Å². The Morgan fingerprint density at radius 1 is 1.11 bits per heavy atom. The Morgan fingerprint density at radius 3 is 2.53 bits per heavy atom. The highest BCUT2D eigenvalue weighted by atomic mass is 16.4. The van der Waals surface area contributed by atoms with Crippen LogP contribution in [0, 0.1) is 17.8 Å². The first-order chi connectivity index (χ1) is 17.5. The van der Waals surface area contributed by atoms with E-state index in [0.717, 1.165) is 37.4 Å². The van der Waals surface area contributed by atoms with Crippen LogP contribution >= 0.6 is 0 Å². The van der Waals surface area contributed by atoms with E-state index in [4.69, 9.17) is 4.98 Å². The Bertz CT molecular complexity index is 1090. The molecule has 0 aromatic carbocycles. The van der Waals surface area contributed by atoms with Gasteiger partial charge in [-0.05, 0) is 88.9 Å². The van der Waals surface area contributed by atoms with E-state index in [2.05, 4.69) is 51.3 Å². The maximum atomic E-state index is 11.9. The zero-order chi connectivity index (χ0) is 25.2. The Hall–Kier alpha value is -2.64.